The van der Waals surface area contributed by atoms with Crippen LogP contribution in [0, 0.1) is 11.6 Å². The molecule has 0 fully saturated rings. The van der Waals surface area contributed by atoms with Crippen molar-refractivity contribution in [2.24, 2.45) is 0 Å². The summed E-state index contributed by atoms with van der Waals surface area (Å²) in [5.41, 5.74) is 1.29. The van der Waals surface area contributed by atoms with Gasteiger partial charge in [-0.05, 0) is 12.1 Å². The third kappa shape index (κ3) is 3.37. The van der Waals surface area contributed by atoms with Crippen molar-refractivity contribution < 1.29 is 18.7 Å². The molecule has 0 spiro atoms. The standard InChI is InChI=1S/C13H11F2N3O2.2ClH/c14-7-3-6(4-8(15)5-7)12-17-9-1-2-16-11(13(19)20)10(9)18-12;;/h3-5,11,16H,1-2H2,(H,17,18)(H,19,20);2*1H. The molecule has 0 bridgehead atoms. The van der Waals surface area contributed by atoms with Crippen molar-refractivity contribution in [1.29, 1.82) is 0 Å². The first kappa shape index (κ1) is 18.3. The van der Waals surface area contributed by atoms with Gasteiger partial charge in [-0.15, -0.1) is 24.8 Å². The number of fused-ring (bicyclic) bond motifs is 1. The van der Waals surface area contributed by atoms with E-state index in [9.17, 15) is 13.6 Å². The molecule has 22 heavy (non-hydrogen) atoms. The topological polar surface area (TPSA) is 78.0 Å². The van der Waals surface area contributed by atoms with Gasteiger partial charge < -0.3 is 10.1 Å². The van der Waals surface area contributed by atoms with E-state index in [0.717, 1.165) is 18.2 Å². The van der Waals surface area contributed by atoms with Gasteiger partial charge in [0.1, 0.15) is 17.5 Å². The summed E-state index contributed by atoms with van der Waals surface area (Å²) in [6, 6.07) is 2.17. The first-order valence-electron chi connectivity index (χ1n) is 6.06. The summed E-state index contributed by atoms with van der Waals surface area (Å²) in [5.74, 6) is -2.18. The SMILES string of the molecule is Cl.Cl.O=C(O)C1NCCc2[nH]c(-c3cc(F)cc(F)c3)nc21. The summed E-state index contributed by atoms with van der Waals surface area (Å²) in [6.45, 7) is 0.503. The minimum absolute atomic E-state index is 0. The zero-order chi connectivity index (χ0) is 14.3. The van der Waals surface area contributed by atoms with Crippen LogP contribution >= 0.6 is 24.8 Å². The Hall–Kier alpha value is -1.70. The van der Waals surface area contributed by atoms with E-state index in [-0.39, 0.29) is 36.2 Å². The number of nitrogens with one attached hydrogen (secondary N) is 2. The second-order valence-electron chi connectivity index (χ2n) is 4.58. The van der Waals surface area contributed by atoms with Crippen LogP contribution in [0.2, 0.25) is 0 Å². The molecule has 0 radical (unpaired) electrons. The minimum atomic E-state index is -1.03. The van der Waals surface area contributed by atoms with Crippen molar-refractivity contribution in [2.75, 3.05) is 6.54 Å². The van der Waals surface area contributed by atoms with Crippen molar-refractivity contribution >= 4 is 30.8 Å². The monoisotopic (exact) mass is 351 g/mol. The lowest BCUT2D eigenvalue weighted by Gasteiger charge is -2.18. The summed E-state index contributed by atoms with van der Waals surface area (Å²) < 4.78 is 26.4. The highest BCUT2D eigenvalue weighted by molar-refractivity contribution is 5.85. The Morgan fingerprint density at radius 3 is 2.45 bits per heavy atom. The number of rotatable bonds is 2. The Kier molecular flexibility index (Phi) is 5.87. The number of hydrogen-bond acceptors (Lipinski definition) is 3. The first-order valence-corrected chi connectivity index (χ1v) is 6.06. The van der Waals surface area contributed by atoms with Gasteiger partial charge in [-0.2, -0.15) is 0 Å². The second kappa shape index (κ2) is 7.04. The minimum Gasteiger partial charge on any atom is -0.480 e. The van der Waals surface area contributed by atoms with Gasteiger partial charge in [-0.25, -0.2) is 13.8 Å². The van der Waals surface area contributed by atoms with Crippen LogP contribution in [0.25, 0.3) is 11.4 Å². The molecule has 5 nitrogen and oxygen atoms in total. The maximum atomic E-state index is 13.2. The summed E-state index contributed by atoms with van der Waals surface area (Å²) in [5, 5.41) is 11.9. The Bertz CT molecular complexity index is 674. The number of aromatic nitrogens is 2. The summed E-state index contributed by atoms with van der Waals surface area (Å²) in [4.78, 5) is 18.2. The summed E-state index contributed by atoms with van der Waals surface area (Å²) in [7, 11) is 0. The van der Waals surface area contributed by atoms with E-state index in [1.165, 1.54) is 0 Å². The molecular weight excluding hydrogens is 339 g/mol. The van der Waals surface area contributed by atoms with Crippen molar-refractivity contribution in [3.05, 3.63) is 41.2 Å². The third-order valence-corrected chi connectivity index (χ3v) is 3.19. The van der Waals surface area contributed by atoms with Gasteiger partial charge in [0.05, 0.1) is 5.69 Å². The zero-order valence-electron chi connectivity index (χ0n) is 11.1. The number of nitrogens with zero attached hydrogens (tertiary/aromatic N) is 1. The molecule has 3 N–H and O–H groups in total. The molecule has 1 aromatic carbocycles. The lowest BCUT2D eigenvalue weighted by Crippen LogP contribution is -2.35. The molecule has 1 aliphatic heterocycles. The first-order chi connectivity index (χ1) is 9.54. The van der Waals surface area contributed by atoms with Gasteiger partial charge in [0.25, 0.3) is 0 Å². The van der Waals surface area contributed by atoms with Gasteiger partial charge in [0, 0.05) is 30.3 Å². The van der Waals surface area contributed by atoms with Crippen molar-refractivity contribution in [1.82, 2.24) is 15.3 Å². The molecule has 1 aliphatic rings. The molecule has 1 unspecified atom stereocenters. The highest BCUT2D eigenvalue weighted by Crippen LogP contribution is 2.26. The number of imidazole rings is 1. The van der Waals surface area contributed by atoms with Gasteiger partial charge in [0.2, 0.25) is 0 Å². The van der Waals surface area contributed by atoms with Gasteiger partial charge >= 0.3 is 5.97 Å². The highest BCUT2D eigenvalue weighted by atomic mass is 35.5. The van der Waals surface area contributed by atoms with Crippen LogP contribution in [0.1, 0.15) is 17.4 Å². The fraction of sp³-hybridized carbons (Fsp3) is 0.231. The fourth-order valence-corrected chi connectivity index (χ4v) is 2.32. The highest BCUT2D eigenvalue weighted by Gasteiger charge is 2.29. The quantitative estimate of drug-likeness (QED) is 0.776. The number of halogens is 4. The maximum Gasteiger partial charge on any atom is 0.327 e. The Morgan fingerprint density at radius 2 is 1.86 bits per heavy atom. The van der Waals surface area contributed by atoms with Crippen LogP contribution in [0.5, 0.6) is 0 Å². The maximum absolute atomic E-state index is 13.2. The molecule has 120 valence electrons. The van der Waals surface area contributed by atoms with Crippen LogP contribution < -0.4 is 5.32 Å². The number of hydrogen-bond donors (Lipinski definition) is 3. The van der Waals surface area contributed by atoms with E-state index in [1.54, 1.807) is 0 Å². The lowest BCUT2D eigenvalue weighted by atomic mass is 10.1. The molecule has 0 saturated heterocycles. The van der Waals surface area contributed by atoms with E-state index in [1.807, 2.05) is 0 Å². The molecule has 3 rings (SSSR count). The van der Waals surface area contributed by atoms with E-state index in [4.69, 9.17) is 5.11 Å². The smallest absolute Gasteiger partial charge is 0.327 e. The number of benzene rings is 1. The van der Waals surface area contributed by atoms with Gasteiger partial charge in [-0.3, -0.25) is 10.1 Å². The molecule has 0 saturated carbocycles. The van der Waals surface area contributed by atoms with E-state index in [2.05, 4.69) is 15.3 Å². The molecule has 1 atom stereocenters. The summed E-state index contributed by atoms with van der Waals surface area (Å²) in [6.07, 6.45) is 0.587. The second-order valence-corrected chi connectivity index (χ2v) is 4.58. The van der Waals surface area contributed by atoms with E-state index >= 15 is 0 Å². The van der Waals surface area contributed by atoms with Gasteiger partial charge in [-0.1, -0.05) is 0 Å². The molecule has 1 aromatic heterocycles. The fourth-order valence-electron chi connectivity index (χ4n) is 2.32. The normalized spacial score (nSPS) is 16.2. The Labute approximate surface area is 137 Å². The predicted molar refractivity (Wildman–Crippen MR) is 80.5 cm³/mol. The van der Waals surface area contributed by atoms with Crippen LogP contribution in [0.3, 0.4) is 0 Å². The average molecular weight is 352 g/mol. The molecule has 2 aromatic rings. The van der Waals surface area contributed by atoms with Crippen LogP contribution in [-0.4, -0.2) is 27.6 Å². The average Bonchev–Trinajstić information content (AvgIpc) is 2.80. The number of aromatic amines is 1. The lowest BCUT2D eigenvalue weighted by molar-refractivity contribution is -0.139. The van der Waals surface area contributed by atoms with Crippen LogP contribution in [0.4, 0.5) is 8.78 Å². The number of carboxylic acids is 1. The Morgan fingerprint density at radius 1 is 1.23 bits per heavy atom. The van der Waals surface area contributed by atoms with Crippen molar-refractivity contribution in [2.45, 2.75) is 12.5 Å². The largest absolute Gasteiger partial charge is 0.480 e. The number of aliphatic carboxylic acids is 1. The molecule has 9 heteroatoms. The van der Waals surface area contributed by atoms with E-state index < -0.39 is 23.6 Å². The third-order valence-electron chi connectivity index (χ3n) is 3.19. The molecule has 0 amide bonds. The van der Waals surface area contributed by atoms with Crippen LogP contribution in [-0.2, 0) is 11.2 Å². The molecule has 0 aliphatic carbocycles. The molecular formula is C13H13Cl2F2N3O2. The van der Waals surface area contributed by atoms with Gasteiger partial charge in [0.15, 0.2) is 6.04 Å². The Balaban J connectivity index is 0.00000121. The van der Waals surface area contributed by atoms with E-state index in [0.29, 0.717) is 24.4 Å². The van der Waals surface area contributed by atoms with Crippen molar-refractivity contribution in [3.63, 3.8) is 0 Å². The number of H-pyrrole nitrogens is 1. The predicted octanol–water partition coefficient (Wildman–Crippen LogP) is 2.47. The van der Waals surface area contributed by atoms with Crippen molar-refractivity contribution in [3.8, 4) is 11.4 Å². The zero-order valence-corrected chi connectivity index (χ0v) is 12.7. The summed E-state index contributed by atoms with van der Waals surface area (Å²) >= 11 is 0. The number of carboxylic acid groups (broad SMARTS) is 1. The van der Waals surface area contributed by atoms with Crippen LogP contribution in [0.15, 0.2) is 18.2 Å². The number of carbonyl (C=O) groups is 1. The molecule has 2 heterocycles.